The van der Waals surface area contributed by atoms with Crippen LogP contribution in [0.4, 0.5) is 14.5 Å². The first kappa shape index (κ1) is 14.3. The average molecular weight is 279 g/mol. The first-order chi connectivity index (χ1) is 9.61. The Bertz CT molecular complexity index is 590. The highest BCUT2D eigenvalue weighted by atomic mass is 19.1. The van der Waals surface area contributed by atoms with Crippen molar-refractivity contribution in [3.63, 3.8) is 0 Å². The van der Waals surface area contributed by atoms with Crippen LogP contribution < -0.4 is 10.1 Å². The number of rotatable bonds is 5. The largest absolute Gasteiger partial charge is 0.495 e. The van der Waals surface area contributed by atoms with E-state index in [9.17, 15) is 13.9 Å². The van der Waals surface area contributed by atoms with Gasteiger partial charge >= 0.3 is 0 Å². The summed E-state index contributed by atoms with van der Waals surface area (Å²) >= 11 is 0. The van der Waals surface area contributed by atoms with Gasteiger partial charge in [-0.3, -0.25) is 0 Å². The van der Waals surface area contributed by atoms with Crippen LogP contribution in [0.2, 0.25) is 0 Å². The number of benzene rings is 2. The van der Waals surface area contributed by atoms with E-state index in [1.165, 1.54) is 7.11 Å². The first-order valence-corrected chi connectivity index (χ1v) is 6.11. The molecular formula is C15H15F2NO2. The predicted octanol–water partition coefficient (Wildman–Crippen LogP) is 3.12. The molecule has 0 fully saturated rings. The number of methoxy groups -OCH3 is 1. The second-order valence-electron chi connectivity index (χ2n) is 4.26. The number of aliphatic hydroxyl groups excluding tert-OH is 1. The van der Waals surface area contributed by atoms with Crippen LogP contribution in [0.5, 0.6) is 5.75 Å². The minimum atomic E-state index is -1.16. The van der Waals surface area contributed by atoms with E-state index < -0.39 is 17.7 Å². The van der Waals surface area contributed by atoms with Crippen molar-refractivity contribution in [3.8, 4) is 5.75 Å². The van der Waals surface area contributed by atoms with Crippen LogP contribution in [0, 0.1) is 11.6 Å². The Morgan fingerprint density at radius 1 is 1.20 bits per heavy atom. The number of nitrogens with one attached hydrogen (secondary N) is 1. The van der Waals surface area contributed by atoms with Gasteiger partial charge in [0.2, 0.25) is 0 Å². The molecule has 0 bridgehead atoms. The number of para-hydroxylation sites is 2. The van der Waals surface area contributed by atoms with Crippen LogP contribution in [-0.2, 0) is 0 Å². The average Bonchev–Trinajstić information content (AvgIpc) is 2.47. The van der Waals surface area contributed by atoms with E-state index in [-0.39, 0.29) is 12.1 Å². The van der Waals surface area contributed by atoms with Gasteiger partial charge in [0.15, 0.2) is 0 Å². The number of halogens is 2. The molecule has 1 atom stereocenters. The fourth-order valence-electron chi connectivity index (χ4n) is 1.88. The SMILES string of the molecule is COc1ccccc1NCC(O)c1cc(F)ccc1F. The van der Waals surface area contributed by atoms with E-state index >= 15 is 0 Å². The van der Waals surface area contributed by atoms with E-state index in [1.807, 2.05) is 6.07 Å². The Morgan fingerprint density at radius 3 is 2.70 bits per heavy atom. The highest BCUT2D eigenvalue weighted by molar-refractivity contribution is 5.56. The summed E-state index contributed by atoms with van der Waals surface area (Å²) in [5.41, 5.74) is 0.596. The molecule has 3 nitrogen and oxygen atoms in total. The third-order valence-electron chi connectivity index (χ3n) is 2.91. The molecular weight excluding hydrogens is 264 g/mol. The van der Waals surface area contributed by atoms with Gasteiger partial charge in [0.25, 0.3) is 0 Å². The fourth-order valence-corrected chi connectivity index (χ4v) is 1.88. The second kappa shape index (κ2) is 6.34. The van der Waals surface area contributed by atoms with Gasteiger partial charge in [-0.25, -0.2) is 8.78 Å². The van der Waals surface area contributed by atoms with Crippen molar-refractivity contribution in [2.24, 2.45) is 0 Å². The molecule has 0 saturated heterocycles. The monoisotopic (exact) mass is 279 g/mol. The molecule has 0 aliphatic carbocycles. The van der Waals surface area contributed by atoms with Crippen molar-refractivity contribution < 1.29 is 18.6 Å². The van der Waals surface area contributed by atoms with Crippen molar-refractivity contribution in [2.45, 2.75) is 6.10 Å². The Labute approximate surface area is 115 Å². The lowest BCUT2D eigenvalue weighted by Crippen LogP contribution is -2.14. The summed E-state index contributed by atoms with van der Waals surface area (Å²) in [4.78, 5) is 0. The number of hydrogen-bond acceptors (Lipinski definition) is 3. The smallest absolute Gasteiger partial charge is 0.141 e. The highest BCUT2D eigenvalue weighted by Gasteiger charge is 2.14. The van der Waals surface area contributed by atoms with Crippen LogP contribution in [0.15, 0.2) is 42.5 Å². The summed E-state index contributed by atoms with van der Waals surface area (Å²) in [6.45, 7) is 0.0424. The summed E-state index contributed by atoms with van der Waals surface area (Å²) in [6, 6.07) is 10.2. The van der Waals surface area contributed by atoms with Crippen LogP contribution in [0.3, 0.4) is 0 Å². The standard InChI is InChI=1S/C15H15F2NO2/c1-20-15-5-3-2-4-13(15)18-9-14(19)11-8-10(16)6-7-12(11)17/h2-8,14,18-19H,9H2,1H3. The lowest BCUT2D eigenvalue weighted by Gasteiger charge is -2.15. The Balaban J connectivity index is 2.08. The summed E-state index contributed by atoms with van der Waals surface area (Å²) in [5.74, 6) is -0.613. The van der Waals surface area contributed by atoms with Gasteiger partial charge in [0, 0.05) is 12.1 Å². The third kappa shape index (κ3) is 3.24. The molecule has 0 aliphatic heterocycles. The van der Waals surface area contributed by atoms with Crippen LogP contribution in [-0.4, -0.2) is 18.8 Å². The van der Waals surface area contributed by atoms with Gasteiger partial charge in [-0.2, -0.15) is 0 Å². The van der Waals surface area contributed by atoms with Crippen molar-refractivity contribution in [1.29, 1.82) is 0 Å². The Morgan fingerprint density at radius 2 is 1.95 bits per heavy atom. The zero-order valence-corrected chi connectivity index (χ0v) is 10.9. The van der Waals surface area contributed by atoms with E-state index in [4.69, 9.17) is 4.74 Å². The topological polar surface area (TPSA) is 41.5 Å². The molecule has 0 saturated carbocycles. The minimum Gasteiger partial charge on any atom is -0.495 e. The van der Waals surface area contributed by atoms with Gasteiger partial charge in [0.1, 0.15) is 17.4 Å². The maximum atomic E-state index is 13.5. The van der Waals surface area contributed by atoms with Gasteiger partial charge in [-0.05, 0) is 30.3 Å². The predicted molar refractivity (Wildman–Crippen MR) is 72.8 cm³/mol. The summed E-state index contributed by atoms with van der Waals surface area (Å²) in [5, 5.41) is 12.9. The van der Waals surface area contributed by atoms with Crippen LogP contribution in [0.25, 0.3) is 0 Å². The summed E-state index contributed by atoms with van der Waals surface area (Å²) in [7, 11) is 1.53. The number of hydrogen-bond donors (Lipinski definition) is 2. The van der Waals surface area contributed by atoms with Gasteiger partial charge in [0.05, 0.1) is 18.9 Å². The first-order valence-electron chi connectivity index (χ1n) is 6.11. The van der Waals surface area contributed by atoms with Gasteiger partial charge in [-0.1, -0.05) is 12.1 Å². The normalized spacial score (nSPS) is 12.0. The van der Waals surface area contributed by atoms with E-state index in [0.29, 0.717) is 11.4 Å². The molecule has 2 N–H and O–H groups in total. The highest BCUT2D eigenvalue weighted by Crippen LogP contribution is 2.25. The molecule has 2 rings (SSSR count). The quantitative estimate of drug-likeness (QED) is 0.883. The van der Waals surface area contributed by atoms with Crippen molar-refractivity contribution in [2.75, 3.05) is 19.0 Å². The lowest BCUT2D eigenvalue weighted by atomic mass is 10.1. The van der Waals surface area contributed by atoms with E-state index in [1.54, 1.807) is 18.2 Å². The number of aliphatic hydroxyl groups is 1. The maximum Gasteiger partial charge on any atom is 0.141 e. The number of ether oxygens (including phenoxy) is 1. The molecule has 106 valence electrons. The Hall–Kier alpha value is -2.14. The molecule has 5 heteroatoms. The van der Waals surface area contributed by atoms with Gasteiger partial charge in [-0.15, -0.1) is 0 Å². The molecule has 2 aromatic carbocycles. The fraction of sp³-hybridized carbons (Fsp3) is 0.200. The Kier molecular flexibility index (Phi) is 4.53. The van der Waals surface area contributed by atoms with Crippen LogP contribution >= 0.6 is 0 Å². The zero-order valence-electron chi connectivity index (χ0n) is 10.9. The molecule has 0 radical (unpaired) electrons. The van der Waals surface area contributed by atoms with Gasteiger partial charge < -0.3 is 15.2 Å². The second-order valence-corrected chi connectivity index (χ2v) is 4.26. The molecule has 0 heterocycles. The lowest BCUT2D eigenvalue weighted by molar-refractivity contribution is 0.186. The van der Waals surface area contributed by atoms with Crippen molar-refractivity contribution in [3.05, 3.63) is 59.7 Å². The summed E-state index contributed by atoms with van der Waals surface area (Å²) in [6.07, 6.45) is -1.16. The minimum absolute atomic E-state index is 0.0424. The zero-order chi connectivity index (χ0) is 14.5. The molecule has 0 aromatic heterocycles. The van der Waals surface area contributed by atoms with E-state index in [0.717, 1.165) is 18.2 Å². The van der Waals surface area contributed by atoms with E-state index in [2.05, 4.69) is 5.32 Å². The molecule has 20 heavy (non-hydrogen) atoms. The van der Waals surface area contributed by atoms with Crippen LogP contribution in [0.1, 0.15) is 11.7 Å². The molecule has 1 unspecified atom stereocenters. The third-order valence-corrected chi connectivity index (χ3v) is 2.91. The maximum absolute atomic E-state index is 13.5. The summed E-state index contributed by atoms with van der Waals surface area (Å²) < 4.78 is 31.7. The molecule has 0 spiro atoms. The van der Waals surface area contributed by atoms with Crippen molar-refractivity contribution >= 4 is 5.69 Å². The van der Waals surface area contributed by atoms with Crippen molar-refractivity contribution in [1.82, 2.24) is 0 Å². The molecule has 0 aliphatic rings. The molecule has 0 amide bonds. The molecule has 2 aromatic rings. The number of anilines is 1.